The van der Waals surface area contributed by atoms with Gasteiger partial charge in [0, 0.05) is 18.5 Å². The number of anilines is 1. The van der Waals surface area contributed by atoms with Gasteiger partial charge in [-0.3, -0.25) is 10.2 Å². The number of carbonyl (C=O) groups is 2. The summed E-state index contributed by atoms with van der Waals surface area (Å²) in [6.45, 7) is 5.02. The minimum atomic E-state index is -0.554. The second kappa shape index (κ2) is 8.59. The molecular weight excluding hydrogens is 350 g/mol. The first-order valence-corrected chi connectivity index (χ1v) is 8.79. The second-order valence-electron chi connectivity index (χ2n) is 6.33. The maximum Gasteiger partial charge on any atom is 0.337 e. The Morgan fingerprint density at radius 3 is 2.56 bits per heavy atom. The number of furan rings is 1. The first-order valence-electron chi connectivity index (χ1n) is 8.79. The van der Waals surface area contributed by atoms with Gasteiger partial charge >= 0.3 is 6.03 Å². The number of hydrogen-bond acceptors (Lipinski definition) is 5. The van der Waals surface area contributed by atoms with Gasteiger partial charge in [-0.15, -0.1) is 0 Å². The van der Waals surface area contributed by atoms with E-state index in [1.807, 2.05) is 19.1 Å². The molecule has 144 valence electrons. The topological polar surface area (TPSA) is 102 Å². The molecule has 3 amide bonds. The smallest absolute Gasteiger partial charge is 0.337 e. The Hall–Kier alpha value is -3.00. The summed E-state index contributed by atoms with van der Waals surface area (Å²) >= 11 is 0. The zero-order valence-corrected chi connectivity index (χ0v) is 15.3. The molecule has 1 fully saturated rings. The number of nitrogens with one attached hydrogen (secondary N) is 3. The van der Waals surface area contributed by atoms with Gasteiger partial charge in [0.25, 0.3) is 5.91 Å². The number of benzene rings is 1. The molecule has 0 aliphatic carbocycles. The van der Waals surface area contributed by atoms with E-state index in [1.54, 1.807) is 13.0 Å². The quantitative estimate of drug-likeness (QED) is 0.715. The van der Waals surface area contributed by atoms with Crippen molar-refractivity contribution in [1.29, 1.82) is 0 Å². The first kappa shape index (κ1) is 18.8. The van der Waals surface area contributed by atoms with Gasteiger partial charge < -0.3 is 19.2 Å². The number of ether oxygens (including phenoxy) is 2. The van der Waals surface area contributed by atoms with E-state index in [1.165, 1.54) is 12.3 Å². The fourth-order valence-electron chi connectivity index (χ4n) is 2.80. The highest BCUT2D eigenvalue weighted by molar-refractivity contribution is 5.97. The Morgan fingerprint density at radius 2 is 1.89 bits per heavy atom. The summed E-state index contributed by atoms with van der Waals surface area (Å²) in [5.74, 6) is 0.815. The molecule has 3 rings (SSSR count). The number of urea groups is 1. The minimum absolute atomic E-state index is 0.154. The maximum absolute atomic E-state index is 12.0. The van der Waals surface area contributed by atoms with Crippen LogP contribution in [0, 0.1) is 13.8 Å². The molecule has 8 heteroatoms. The van der Waals surface area contributed by atoms with Gasteiger partial charge in [-0.25, -0.2) is 10.2 Å². The van der Waals surface area contributed by atoms with Gasteiger partial charge in [0.15, 0.2) is 0 Å². The predicted molar refractivity (Wildman–Crippen MR) is 98.7 cm³/mol. The molecule has 1 saturated heterocycles. The fourth-order valence-corrected chi connectivity index (χ4v) is 2.80. The Bertz CT molecular complexity index is 811. The summed E-state index contributed by atoms with van der Waals surface area (Å²) in [6, 6.07) is 6.38. The summed E-state index contributed by atoms with van der Waals surface area (Å²) in [7, 11) is 0. The molecule has 0 saturated carbocycles. The zero-order chi connectivity index (χ0) is 19.2. The lowest BCUT2D eigenvalue weighted by atomic mass is 10.1. The van der Waals surface area contributed by atoms with E-state index in [0.29, 0.717) is 30.2 Å². The lowest BCUT2D eigenvalue weighted by Gasteiger charge is -2.24. The molecule has 1 aliphatic heterocycles. The molecule has 1 aromatic carbocycles. The van der Waals surface area contributed by atoms with Crippen LogP contribution in [0.4, 0.5) is 10.5 Å². The number of hydrazine groups is 1. The van der Waals surface area contributed by atoms with Crippen LogP contribution in [-0.2, 0) is 4.74 Å². The van der Waals surface area contributed by atoms with Crippen molar-refractivity contribution in [3.8, 4) is 5.75 Å². The van der Waals surface area contributed by atoms with E-state index in [9.17, 15) is 9.59 Å². The molecule has 2 aromatic rings. The van der Waals surface area contributed by atoms with E-state index in [0.717, 1.165) is 24.2 Å². The molecule has 0 unspecified atom stereocenters. The summed E-state index contributed by atoms with van der Waals surface area (Å²) in [5.41, 5.74) is 6.51. The van der Waals surface area contributed by atoms with Crippen LogP contribution >= 0.6 is 0 Å². The van der Waals surface area contributed by atoms with Crippen molar-refractivity contribution in [3.05, 3.63) is 47.4 Å². The van der Waals surface area contributed by atoms with E-state index in [4.69, 9.17) is 13.9 Å². The highest BCUT2D eigenvalue weighted by Crippen LogP contribution is 2.25. The lowest BCUT2D eigenvalue weighted by molar-refractivity contribution is 0.0253. The van der Waals surface area contributed by atoms with Crippen molar-refractivity contribution >= 4 is 17.6 Å². The van der Waals surface area contributed by atoms with Gasteiger partial charge in [0.05, 0.1) is 25.0 Å². The first-order chi connectivity index (χ1) is 13.0. The molecule has 0 radical (unpaired) electrons. The highest BCUT2D eigenvalue weighted by atomic mass is 16.5. The maximum atomic E-state index is 12.0. The van der Waals surface area contributed by atoms with Gasteiger partial charge in [-0.1, -0.05) is 0 Å². The fraction of sp³-hybridized carbons (Fsp3) is 0.368. The molecule has 0 spiro atoms. The third kappa shape index (κ3) is 5.01. The summed E-state index contributed by atoms with van der Waals surface area (Å²) in [6.07, 6.45) is 3.31. The van der Waals surface area contributed by atoms with E-state index in [2.05, 4.69) is 16.2 Å². The molecule has 8 nitrogen and oxygen atoms in total. The molecule has 2 heterocycles. The summed E-state index contributed by atoms with van der Waals surface area (Å²) < 4.78 is 16.4. The third-order valence-electron chi connectivity index (χ3n) is 4.29. The zero-order valence-electron chi connectivity index (χ0n) is 15.3. The van der Waals surface area contributed by atoms with Crippen molar-refractivity contribution in [3.63, 3.8) is 0 Å². The van der Waals surface area contributed by atoms with Crippen LogP contribution in [0.3, 0.4) is 0 Å². The summed E-state index contributed by atoms with van der Waals surface area (Å²) in [4.78, 5) is 23.9. The van der Waals surface area contributed by atoms with Crippen LogP contribution < -0.4 is 20.9 Å². The Labute approximate surface area is 157 Å². The average Bonchev–Trinajstić information content (AvgIpc) is 3.09. The third-order valence-corrected chi connectivity index (χ3v) is 4.29. The van der Waals surface area contributed by atoms with Gasteiger partial charge in [-0.05, 0) is 43.7 Å². The number of rotatable bonds is 4. The Kier molecular flexibility index (Phi) is 5.97. The number of aryl methyl sites for hydroxylation is 2. The predicted octanol–water partition coefficient (Wildman–Crippen LogP) is 2.92. The SMILES string of the molecule is Cc1cc(NC(=O)NNC(=O)c2ccoc2C)ccc1OC1CCOCC1. The molecule has 0 atom stereocenters. The van der Waals surface area contributed by atoms with Crippen molar-refractivity contribution in [1.82, 2.24) is 10.9 Å². The Morgan fingerprint density at radius 1 is 1.11 bits per heavy atom. The molecule has 1 aromatic heterocycles. The van der Waals surface area contributed by atoms with Crippen LogP contribution in [0.15, 0.2) is 34.9 Å². The summed E-state index contributed by atoms with van der Waals surface area (Å²) in [5, 5.41) is 2.67. The number of carbonyl (C=O) groups excluding carboxylic acids is 2. The largest absolute Gasteiger partial charge is 0.490 e. The van der Waals surface area contributed by atoms with Gasteiger partial charge in [-0.2, -0.15) is 0 Å². The highest BCUT2D eigenvalue weighted by Gasteiger charge is 2.16. The van der Waals surface area contributed by atoms with Crippen LogP contribution in [0.25, 0.3) is 0 Å². The standard InChI is InChI=1S/C19H23N3O5/c1-12-11-14(3-4-17(12)27-15-5-8-25-9-6-15)20-19(24)22-21-18(23)16-7-10-26-13(16)2/h3-4,7,10-11,15H,5-6,8-9H2,1-2H3,(H,21,23)(H2,20,22,24). The van der Waals surface area contributed by atoms with Crippen LogP contribution in [-0.4, -0.2) is 31.3 Å². The molecular formula is C19H23N3O5. The number of amides is 3. The molecule has 3 N–H and O–H groups in total. The molecule has 27 heavy (non-hydrogen) atoms. The monoisotopic (exact) mass is 373 g/mol. The van der Waals surface area contributed by atoms with Gasteiger partial charge in [0.2, 0.25) is 0 Å². The van der Waals surface area contributed by atoms with Crippen molar-refractivity contribution in [2.75, 3.05) is 18.5 Å². The van der Waals surface area contributed by atoms with E-state index in [-0.39, 0.29) is 6.10 Å². The molecule has 1 aliphatic rings. The average molecular weight is 373 g/mol. The van der Waals surface area contributed by atoms with Crippen LogP contribution in [0.5, 0.6) is 5.75 Å². The van der Waals surface area contributed by atoms with Crippen molar-refractivity contribution in [2.45, 2.75) is 32.8 Å². The number of hydrogen-bond donors (Lipinski definition) is 3. The lowest BCUT2D eigenvalue weighted by Crippen LogP contribution is -2.44. The van der Waals surface area contributed by atoms with Crippen molar-refractivity contribution in [2.24, 2.45) is 0 Å². The van der Waals surface area contributed by atoms with Crippen LogP contribution in [0.1, 0.15) is 34.5 Å². The van der Waals surface area contributed by atoms with E-state index >= 15 is 0 Å². The Balaban J connectivity index is 1.51. The van der Waals surface area contributed by atoms with Gasteiger partial charge in [0.1, 0.15) is 17.6 Å². The molecule has 0 bridgehead atoms. The van der Waals surface area contributed by atoms with Crippen LogP contribution in [0.2, 0.25) is 0 Å². The second-order valence-corrected chi connectivity index (χ2v) is 6.33. The minimum Gasteiger partial charge on any atom is -0.490 e. The normalized spacial score (nSPS) is 14.4. The van der Waals surface area contributed by atoms with Crippen molar-refractivity contribution < 1.29 is 23.5 Å². The van der Waals surface area contributed by atoms with E-state index < -0.39 is 11.9 Å².